The fraction of sp³-hybridized carbons (Fsp3) is 0.214. The summed E-state index contributed by atoms with van der Waals surface area (Å²) >= 11 is 0. The summed E-state index contributed by atoms with van der Waals surface area (Å²) in [5.74, 6) is 0. The smallest absolute Gasteiger partial charge is 0.0737 e. The second kappa shape index (κ2) is 14.6. The zero-order valence-corrected chi connectivity index (χ0v) is 37.1. The topological polar surface area (TPSA) is 57.4 Å². The van der Waals surface area contributed by atoms with E-state index < -0.39 is 0 Å². The molecule has 3 aromatic heterocycles. The molecular formula is C56H54N4. The van der Waals surface area contributed by atoms with Crippen LogP contribution in [0.15, 0.2) is 72.8 Å². The molecule has 0 radical (unpaired) electrons. The van der Waals surface area contributed by atoms with Crippen molar-refractivity contribution in [3.8, 4) is 44.5 Å². The van der Waals surface area contributed by atoms with E-state index in [1.54, 1.807) is 0 Å². The Morgan fingerprint density at radius 2 is 0.450 bits per heavy atom. The average Bonchev–Trinajstić information content (AvgIpc) is 4.07. The maximum atomic E-state index is 5.65. The molecule has 0 fully saturated rings. The van der Waals surface area contributed by atoms with Crippen molar-refractivity contribution >= 4 is 46.4 Å². The molecule has 7 aromatic rings. The highest BCUT2D eigenvalue weighted by Crippen LogP contribution is 2.43. The molecule has 0 spiro atoms. The number of aromatic amines is 2. The van der Waals surface area contributed by atoms with Gasteiger partial charge in [0.1, 0.15) is 0 Å². The van der Waals surface area contributed by atoms with E-state index in [4.69, 9.17) is 9.97 Å². The average molecular weight is 783 g/mol. The molecule has 2 N–H and O–H groups in total. The summed E-state index contributed by atoms with van der Waals surface area (Å²) in [6, 6.07) is 26.9. The molecule has 0 atom stereocenters. The fourth-order valence-corrected chi connectivity index (χ4v) is 9.60. The molecule has 9 rings (SSSR count). The molecule has 8 bridgehead atoms. The molecule has 4 heteroatoms. The quantitative estimate of drug-likeness (QED) is 0.187. The van der Waals surface area contributed by atoms with Gasteiger partial charge in [-0.05, 0) is 221 Å². The van der Waals surface area contributed by atoms with Gasteiger partial charge in [-0.15, -0.1) is 0 Å². The van der Waals surface area contributed by atoms with Crippen molar-refractivity contribution in [1.82, 2.24) is 19.9 Å². The van der Waals surface area contributed by atoms with Gasteiger partial charge in [0.2, 0.25) is 0 Å². The van der Waals surface area contributed by atoms with Crippen LogP contribution in [-0.2, 0) is 0 Å². The fourth-order valence-electron chi connectivity index (χ4n) is 9.60. The number of rotatable bonds is 4. The highest BCUT2D eigenvalue weighted by atomic mass is 14.8. The Balaban J connectivity index is 1.56. The lowest BCUT2D eigenvalue weighted by molar-refractivity contribution is 1.26. The number of nitrogens with one attached hydrogen (secondary N) is 2. The van der Waals surface area contributed by atoms with Crippen molar-refractivity contribution in [1.29, 1.82) is 0 Å². The van der Waals surface area contributed by atoms with Crippen LogP contribution in [-0.4, -0.2) is 19.9 Å². The van der Waals surface area contributed by atoms with Gasteiger partial charge in [0, 0.05) is 44.3 Å². The maximum absolute atomic E-state index is 5.65. The minimum absolute atomic E-state index is 0.936. The molecule has 4 aromatic carbocycles. The number of aromatic nitrogens is 4. The van der Waals surface area contributed by atoms with Gasteiger partial charge in [-0.2, -0.15) is 0 Å². The van der Waals surface area contributed by atoms with Gasteiger partial charge in [0.25, 0.3) is 0 Å². The second-order valence-corrected chi connectivity index (χ2v) is 17.3. The van der Waals surface area contributed by atoms with Crippen LogP contribution in [0.5, 0.6) is 0 Å². The van der Waals surface area contributed by atoms with Gasteiger partial charge in [-0.1, -0.05) is 48.5 Å². The van der Waals surface area contributed by atoms with Crippen molar-refractivity contribution in [2.45, 2.75) is 83.1 Å². The zero-order valence-electron chi connectivity index (χ0n) is 37.1. The normalized spacial score (nSPS) is 12.2. The van der Waals surface area contributed by atoms with Gasteiger partial charge < -0.3 is 9.97 Å². The first kappa shape index (κ1) is 39.0. The van der Waals surface area contributed by atoms with E-state index >= 15 is 0 Å². The Bertz CT molecular complexity index is 2790. The minimum Gasteiger partial charge on any atom is -0.354 e. The molecule has 0 aliphatic carbocycles. The van der Waals surface area contributed by atoms with Crippen LogP contribution in [0.2, 0.25) is 0 Å². The van der Waals surface area contributed by atoms with E-state index in [1.807, 2.05) is 0 Å². The van der Waals surface area contributed by atoms with Gasteiger partial charge in [-0.3, -0.25) is 0 Å². The van der Waals surface area contributed by atoms with Crippen molar-refractivity contribution in [3.05, 3.63) is 162 Å². The lowest BCUT2D eigenvalue weighted by Crippen LogP contribution is -1.97. The lowest BCUT2D eigenvalue weighted by atomic mass is 9.91. The summed E-state index contributed by atoms with van der Waals surface area (Å²) in [6.07, 6.45) is 8.87. The van der Waals surface area contributed by atoms with Gasteiger partial charge in [-0.25, -0.2) is 9.97 Å². The zero-order chi connectivity index (χ0) is 42.3. The van der Waals surface area contributed by atoms with E-state index in [1.165, 1.54) is 89.0 Å². The van der Waals surface area contributed by atoms with E-state index in [-0.39, 0.29) is 0 Å². The van der Waals surface area contributed by atoms with E-state index in [0.717, 1.165) is 67.1 Å². The third kappa shape index (κ3) is 6.20. The van der Waals surface area contributed by atoms with Crippen LogP contribution in [0.1, 0.15) is 89.5 Å². The van der Waals surface area contributed by atoms with Crippen molar-refractivity contribution in [2.75, 3.05) is 0 Å². The van der Waals surface area contributed by atoms with Crippen LogP contribution in [0.3, 0.4) is 0 Å². The van der Waals surface area contributed by atoms with E-state index in [2.05, 4.69) is 190 Å². The summed E-state index contributed by atoms with van der Waals surface area (Å²) < 4.78 is 0. The number of H-pyrrole nitrogens is 2. The van der Waals surface area contributed by atoms with Crippen LogP contribution >= 0.6 is 0 Å². The van der Waals surface area contributed by atoms with Crippen LogP contribution in [0, 0.1) is 83.1 Å². The van der Waals surface area contributed by atoms with Crippen LogP contribution in [0.25, 0.3) is 90.9 Å². The molecule has 2 aliphatic heterocycles. The third-order valence-electron chi connectivity index (χ3n) is 13.5. The third-order valence-corrected chi connectivity index (χ3v) is 13.5. The summed E-state index contributed by atoms with van der Waals surface area (Å²) in [5.41, 5.74) is 32.0. The Morgan fingerprint density at radius 3 is 0.667 bits per heavy atom. The summed E-state index contributed by atoms with van der Waals surface area (Å²) in [4.78, 5) is 19.3. The summed E-state index contributed by atoms with van der Waals surface area (Å²) in [7, 11) is 0. The van der Waals surface area contributed by atoms with Crippen molar-refractivity contribution in [2.24, 2.45) is 0 Å². The molecule has 0 unspecified atom stereocenters. The van der Waals surface area contributed by atoms with Crippen LogP contribution in [0.4, 0.5) is 0 Å². The number of nitrogens with zero attached hydrogens (tertiary/aromatic N) is 2. The van der Waals surface area contributed by atoms with E-state index in [9.17, 15) is 0 Å². The molecule has 2 aliphatic rings. The summed E-state index contributed by atoms with van der Waals surface area (Å²) in [5, 5.41) is 0. The Kier molecular flexibility index (Phi) is 9.51. The number of aryl methyl sites for hydroxylation is 8. The molecule has 0 saturated heterocycles. The first-order chi connectivity index (χ1) is 28.7. The number of hydrogen-bond donors (Lipinski definition) is 2. The van der Waals surface area contributed by atoms with Gasteiger partial charge in [0.15, 0.2) is 0 Å². The molecule has 298 valence electrons. The molecule has 60 heavy (non-hydrogen) atoms. The predicted octanol–water partition coefficient (Wildman–Crippen LogP) is 15.0. The molecule has 0 amide bonds. The molecule has 0 saturated carbocycles. The Labute approximate surface area is 354 Å². The first-order valence-corrected chi connectivity index (χ1v) is 21.2. The summed E-state index contributed by atoms with van der Waals surface area (Å²) in [6.45, 7) is 26.7. The molecule has 5 heterocycles. The Hall–Kier alpha value is -6.52. The highest BCUT2D eigenvalue weighted by molar-refractivity contribution is 6.02. The predicted molar refractivity (Wildman–Crippen MR) is 257 cm³/mol. The molecular weight excluding hydrogens is 729 g/mol. The highest BCUT2D eigenvalue weighted by Gasteiger charge is 2.24. The number of fused-ring (bicyclic) bond motifs is 8. The SMILES string of the molecule is Cc1ccc(C)c(-c2c3nc(c(-c4c(C)ccc(C)c4C)c4ccc([nH]4)c(-c4c(C)ccc(C)c4C)c4nc(c(-c5c(C)ccc(C)c5C)c5ccc2[nH]5)C=C4)C=C3)c1C. The maximum Gasteiger partial charge on any atom is 0.0737 e. The Morgan fingerprint density at radius 1 is 0.250 bits per heavy atom. The largest absolute Gasteiger partial charge is 0.354 e. The van der Waals surface area contributed by atoms with Crippen molar-refractivity contribution < 1.29 is 0 Å². The second-order valence-electron chi connectivity index (χ2n) is 17.3. The van der Waals surface area contributed by atoms with E-state index in [0.29, 0.717) is 0 Å². The van der Waals surface area contributed by atoms with Gasteiger partial charge >= 0.3 is 0 Å². The number of benzene rings is 4. The molecule has 4 nitrogen and oxygen atoms in total. The number of hydrogen-bond acceptors (Lipinski definition) is 2. The lowest BCUT2D eigenvalue weighted by Gasteiger charge is -2.16. The minimum atomic E-state index is 0.936. The van der Waals surface area contributed by atoms with Gasteiger partial charge in [0.05, 0.1) is 22.8 Å². The van der Waals surface area contributed by atoms with Crippen molar-refractivity contribution in [3.63, 3.8) is 0 Å². The van der Waals surface area contributed by atoms with Crippen LogP contribution < -0.4 is 0 Å². The standard InChI is InChI=1S/C56H54N4/c1-29-13-17-33(5)49(37(29)9)53-41-21-23-43(57-41)54(50-34(6)18-14-30(2)38(50)10)45-25-27-47(59-45)56(52-36(8)20-16-32(4)40(52)12)48-28-26-46(60-48)55(44-24-22-42(53)58-44)51-35(7)19-15-31(3)39(51)11/h13-28,57,60H,1-12H3. The monoisotopic (exact) mass is 782 g/mol. The first-order valence-electron chi connectivity index (χ1n) is 21.2.